The summed E-state index contributed by atoms with van der Waals surface area (Å²) in [6.45, 7) is 3.36. The normalized spacial score (nSPS) is 32.0. The van der Waals surface area contributed by atoms with E-state index < -0.39 is 48.0 Å². The van der Waals surface area contributed by atoms with E-state index in [2.05, 4.69) is 15.0 Å². The number of carboxylic acid groups (broad SMARTS) is 1. The molecule has 0 amide bonds. The van der Waals surface area contributed by atoms with Gasteiger partial charge in [-0.25, -0.2) is 14.8 Å². The fourth-order valence-electron chi connectivity index (χ4n) is 3.28. The first-order chi connectivity index (χ1) is 11.8. The van der Waals surface area contributed by atoms with Crippen LogP contribution in [0.2, 0.25) is 0 Å². The predicted molar refractivity (Wildman–Crippen MR) is 79.5 cm³/mol. The van der Waals surface area contributed by atoms with Crippen molar-refractivity contribution < 1.29 is 29.2 Å². The second-order valence-corrected chi connectivity index (χ2v) is 6.39. The third-order valence-corrected chi connectivity index (χ3v) is 4.27. The van der Waals surface area contributed by atoms with Crippen molar-refractivity contribution in [1.29, 1.82) is 0 Å². The van der Waals surface area contributed by atoms with Crippen LogP contribution in [0.15, 0.2) is 17.4 Å². The average molecular weight is 352 g/mol. The number of carbonyl (C=O) groups is 1. The van der Waals surface area contributed by atoms with Gasteiger partial charge >= 0.3 is 5.97 Å². The minimum Gasteiger partial charge on any atom is -0.479 e. The van der Waals surface area contributed by atoms with Gasteiger partial charge in [-0.2, -0.15) is 0 Å². The van der Waals surface area contributed by atoms with E-state index in [0.29, 0.717) is 0 Å². The number of hydrogen-bond acceptors (Lipinski definition) is 8. The van der Waals surface area contributed by atoms with Crippen molar-refractivity contribution in [3.63, 3.8) is 0 Å². The Labute approximate surface area is 140 Å². The van der Waals surface area contributed by atoms with Crippen LogP contribution in [0.1, 0.15) is 20.1 Å². The van der Waals surface area contributed by atoms with Crippen LogP contribution in [0.4, 0.5) is 0 Å². The number of imidazole rings is 1. The van der Waals surface area contributed by atoms with Crippen molar-refractivity contribution in [2.45, 2.75) is 50.3 Å². The Bertz CT molecular complexity index is 891. The van der Waals surface area contributed by atoms with Gasteiger partial charge < -0.3 is 29.4 Å². The molecule has 2 fully saturated rings. The number of aliphatic hydroxyl groups excluding tert-OH is 1. The minimum atomic E-state index is -1.79. The number of ether oxygens (including phenoxy) is 3. The molecule has 0 aliphatic carbocycles. The van der Waals surface area contributed by atoms with Crippen LogP contribution < -0.4 is 5.56 Å². The zero-order chi connectivity index (χ0) is 17.9. The minimum absolute atomic E-state index is 0.114. The molecular formula is C14H16N4O7. The fourth-order valence-corrected chi connectivity index (χ4v) is 3.28. The molecule has 1 unspecified atom stereocenters. The first-order valence-electron chi connectivity index (χ1n) is 7.61. The van der Waals surface area contributed by atoms with Gasteiger partial charge in [0.05, 0.1) is 12.7 Å². The average Bonchev–Trinajstić information content (AvgIpc) is 3.17. The van der Waals surface area contributed by atoms with Crippen LogP contribution >= 0.6 is 0 Å². The lowest BCUT2D eigenvalue weighted by Crippen LogP contribution is -2.42. The second-order valence-electron chi connectivity index (χ2n) is 6.39. The Morgan fingerprint density at radius 2 is 2.08 bits per heavy atom. The highest BCUT2D eigenvalue weighted by atomic mass is 16.8. The lowest BCUT2D eigenvalue weighted by molar-refractivity contribution is -0.210. The molecule has 0 spiro atoms. The van der Waals surface area contributed by atoms with E-state index in [9.17, 15) is 14.7 Å². The highest BCUT2D eigenvalue weighted by molar-refractivity contribution is 5.73. The highest BCUT2D eigenvalue weighted by Gasteiger charge is 2.59. The molecule has 0 bridgehead atoms. The molecule has 4 heterocycles. The van der Waals surface area contributed by atoms with Crippen molar-refractivity contribution in [3.8, 4) is 0 Å². The van der Waals surface area contributed by atoms with Crippen molar-refractivity contribution in [2.75, 3.05) is 0 Å². The Hall–Kier alpha value is -2.34. The number of H-pyrrole nitrogens is 1. The van der Waals surface area contributed by atoms with E-state index in [0.717, 1.165) is 0 Å². The summed E-state index contributed by atoms with van der Waals surface area (Å²) in [5, 5.41) is 19.1. The third kappa shape index (κ3) is 2.43. The van der Waals surface area contributed by atoms with Gasteiger partial charge in [0.25, 0.3) is 5.56 Å². The molecule has 134 valence electrons. The molecule has 2 aliphatic heterocycles. The predicted octanol–water partition coefficient (Wildman–Crippen LogP) is -1.02. The number of carboxylic acids is 1. The summed E-state index contributed by atoms with van der Waals surface area (Å²) in [6, 6.07) is 0. The Morgan fingerprint density at radius 1 is 1.36 bits per heavy atom. The first kappa shape index (κ1) is 16.1. The highest BCUT2D eigenvalue weighted by Crippen LogP contribution is 2.44. The molecule has 0 aromatic carbocycles. The molecule has 0 radical (unpaired) electrons. The Kier molecular flexibility index (Phi) is 3.44. The lowest BCUT2D eigenvalue weighted by atomic mass is 10.1. The molecule has 11 heteroatoms. The molecule has 2 aromatic rings. The van der Waals surface area contributed by atoms with Crippen molar-refractivity contribution in [2.24, 2.45) is 0 Å². The van der Waals surface area contributed by atoms with Crippen LogP contribution in [0.25, 0.3) is 11.2 Å². The number of aromatic amines is 1. The van der Waals surface area contributed by atoms with Gasteiger partial charge in [0, 0.05) is 0 Å². The number of aliphatic carboxylic acids is 1. The van der Waals surface area contributed by atoms with Gasteiger partial charge in [-0.1, -0.05) is 0 Å². The van der Waals surface area contributed by atoms with E-state index in [-0.39, 0.29) is 11.2 Å². The van der Waals surface area contributed by atoms with Crippen LogP contribution in [-0.2, 0) is 19.0 Å². The van der Waals surface area contributed by atoms with Gasteiger partial charge in [-0.15, -0.1) is 0 Å². The zero-order valence-corrected chi connectivity index (χ0v) is 13.3. The van der Waals surface area contributed by atoms with Gasteiger partial charge in [-0.05, 0) is 13.8 Å². The topological polar surface area (TPSA) is 149 Å². The van der Waals surface area contributed by atoms with Crippen molar-refractivity contribution in [1.82, 2.24) is 19.5 Å². The maximum atomic E-state index is 11.8. The summed E-state index contributed by atoms with van der Waals surface area (Å²) in [5.41, 5.74) is -0.0429. The molecule has 3 N–H and O–H groups in total. The van der Waals surface area contributed by atoms with Gasteiger partial charge in [0.2, 0.25) is 0 Å². The van der Waals surface area contributed by atoms with Crippen LogP contribution in [0.5, 0.6) is 0 Å². The number of hydrogen-bond donors (Lipinski definition) is 3. The van der Waals surface area contributed by atoms with E-state index in [1.165, 1.54) is 17.2 Å². The molecule has 2 aromatic heterocycles. The zero-order valence-electron chi connectivity index (χ0n) is 13.3. The molecule has 25 heavy (non-hydrogen) atoms. The summed E-state index contributed by atoms with van der Waals surface area (Å²) in [6.07, 6.45) is -2.70. The molecule has 4 rings (SSSR count). The van der Waals surface area contributed by atoms with Crippen LogP contribution in [0.3, 0.4) is 0 Å². The van der Waals surface area contributed by atoms with Crippen molar-refractivity contribution >= 4 is 17.1 Å². The molecule has 2 aliphatic rings. The summed E-state index contributed by atoms with van der Waals surface area (Å²) >= 11 is 0. The molecule has 2 saturated heterocycles. The maximum Gasteiger partial charge on any atom is 0.335 e. The number of aromatic nitrogens is 4. The number of fused-ring (bicyclic) bond motifs is 2. The molecule has 11 nitrogen and oxygen atoms in total. The SMILES string of the molecule is CC1(C)O[C@@H]2[C@H](O1)[C@@H](C(O)C(=O)O)O[C@H]2n1cnc2c(=O)[nH]cnc21. The van der Waals surface area contributed by atoms with Crippen LogP contribution in [0, 0.1) is 0 Å². The monoisotopic (exact) mass is 352 g/mol. The van der Waals surface area contributed by atoms with Crippen LogP contribution in [-0.4, -0.2) is 65.9 Å². The summed E-state index contributed by atoms with van der Waals surface area (Å²) in [7, 11) is 0. The van der Waals surface area contributed by atoms with E-state index >= 15 is 0 Å². The summed E-state index contributed by atoms with van der Waals surface area (Å²) in [4.78, 5) is 33.5. The quantitative estimate of drug-likeness (QED) is 0.631. The standard InChI is InChI=1S/C14H16N4O7/c1-14(2)24-8-7(6(19)13(21)22)23-12(9(8)25-14)18-4-17-5-10(18)15-3-16-11(5)20/h3-4,6-9,12,19H,1-2H3,(H,21,22)(H,15,16,20)/t6?,7-,8-,9-,12-/m1/s1. The largest absolute Gasteiger partial charge is 0.479 e. The van der Waals surface area contributed by atoms with E-state index in [1.807, 2.05) is 0 Å². The number of nitrogens with one attached hydrogen (secondary N) is 1. The smallest absolute Gasteiger partial charge is 0.335 e. The fraction of sp³-hybridized carbons (Fsp3) is 0.571. The van der Waals surface area contributed by atoms with E-state index in [4.69, 9.17) is 19.3 Å². The first-order valence-corrected chi connectivity index (χ1v) is 7.61. The molecule has 0 saturated carbocycles. The number of rotatable bonds is 3. The molecule has 5 atom stereocenters. The Morgan fingerprint density at radius 3 is 2.80 bits per heavy atom. The summed E-state index contributed by atoms with van der Waals surface area (Å²) < 4.78 is 18.8. The lowest BCUT2D eigenvalue weighted by Gasteiger charge is -2.25. The Balaban J connectivity index is 1.77. The maximum absolute atomic E-state index is 11.8. The van der Waals surface area contributed by atoms with E-state index in [1.54, 1.807) is 13.8 Å². The third-order valence-electron chi connectivity index (χ3n) is 4.27. The second kappa shape index (κ2) is 5.33. The van der Waals surface area contributed by atoms with Crippen molar-refractivity contribution in [3.05, 3.63) is 23.0 Å². The number of aliphatic hydroxyl groups is 1. The molecular weight excluding hydrogens is 336 g/mol. The van der Waals surface area contributed by atoms with Gasteiger partial charge in [-0.3, -0.25) is 9.36 Å². The van der Waals surface area contributed by atoms with Gasteiger partial charge in [0.15, 0.2) is 29.3 Å². The van der Waals surface area contributed by atoms with Gasteiger partial charge in [0.1, 0.15) is 18.3 Å². The number of nitrogens with zero attached hydrogens (tertiary/aromatic N) is 3. The summed E-state index contributed by atoms with van der Waals surface area (Å²) in [5.74, 6) is -2.41.